The normalized spacial score (nSPS) is 26.6. The number of carboxylic acid groups (broad SMARTS) is 1. The summed E-state index contributed by atoms with van der Waals surface area (Å²) < 4.78 is 32.4. The molecular weight excluding hydrogens is 260 g/mol. The summed E-state index contributed by atoms with van der Waals surface area (Å²) >= 11 is 0. The number of hydrogen-bond donors (Lipinski definition) is 2. The van der Waals surface area contributed by atoms with Gasteiger partial charge in [-0.3, -0.25) is 4.79 Å². The van der Waals surface area contributed by atoms with Crippen LogP contribution < -0.4 is 5.32 Å². The van der Waals surface area contributed by atoms with E-state index in [2.05, 4.69) is 5.32 Å². The zero-order valence-electron chi connectivity index (χ0n) is 11.2. The van der Waals surface area contributed by atoms with Crippen LogP contribution in [0, 0.1) is 5.92 Å². The molecule has 0 aromatic heterocycles. The van der Waals surface area contributed by atoms with Gasteiger partial charge in [0, 0.05) is 6.42 Å². The van der Waals surface area contributed by atoms with Crippen molar-refractivity contribution < 1.29 is 28.2 Å². The van der Waals surface area contributed by atoms with Gasteiger partial charge in [0.25, 0.3) is 5.92 Å². The van der Waals surface area contributed by atoms with Gasteiger partial charge in [-0.1, -0.05) is 0 Å². The second-order valence-electron chi connectivity index (χ2n) is 5.78. The Balaban J connectivity index is 2.60. The molecule has 2 N–H and O–H groups in total. The molecule has 0 saturated heterocycles. The summed E-state index contributed by atoms with van der Waals surface area (Å²) in [4.78, 5) is 22.2. The van der Waals surface area contributed by atoms with Gasteiger partial charge in [-0.15, -0.1) is 0 Å². The Labute approximate surface area is 110 Å². The lowest BCUT2D eigenvalue weighted by molar-refractivity contribution is -0.151. The van der Waals surface area contributed by atoms with Crippen LogP contribution in [0.1, 0.15) is 40.0 Å². The number of ether oxygens (including phenoxy) is 1. The number of amides is 1. The number of alkyl carbamates (subject to hydrolysis) is 1. The average molecular weight is 279 g/mol. The molecule has 0 aromatic carbocycles. The van der Waals surface area contributed by atoms with E-state index in [1.807, 2.05) is 0 Å². The molecule has 0 aliphatic heterocycles. The Hall–Kier alpha value is -1.40. The van der Waals surface area contributed by atoms with Gasteiger partial charge in [-0.05, 0) is 33.6 Å². The maximum atomic E-state index is 13.7. The minimum atomic E-state index is -3.24. The van der Waals surface area contributed by atoms with Gasteiger partial charge >= 0.3 is 12.1 Å². The Morgan fingerprint density at radius 1 is 1.32 bits per heavy atom. The highest BCUT2D eigenvalue weighted by molar-refractivity contribution is 5.71. The lowest BCUT2D eigenvalue weighted by Crippen LogP contribution is -2.52. The molecule has 1 saturated carbocycles. The summed E-state index contributed by atoms with van der Waals surface area (Å²) in [5.74, 6) is -5.53. The van der Waals surface area contributed by atoms with E-state index in [4.69, 9.17) is 9.84 Å². The summed E-state index contributed by atoms with van der Waals surface area (Å²) in [5, 5.41) is 10.9. The van der Waals surface area contributed by atoms with Gasteiger partial charge in [-0.25, -0.2) is 13.6 Å². The highest BCUT2D eigenvalue weighted by Gasteiger charge is 2.48. The van der Waals surface area contributed by atoms with E-state index in [-0.39, 0.29) is 12.8 Å². The molecule has 0 radical (unpaired) electrons. The largest absolute Gasteiger partial charge is 0.481 e. The smallest absolute Gasteiger partial charge is 0.408 e. The summed E-state index contributed by atoms with van der Waals surface area (Å²) in [6, 6.07) is -1.38. The molecule has 19 heavy (non-hydrogen) atoms. The predicted molar refractivity (Wildman–Crippen MR) is 63.1 cm³/mol. The second-order valence-corrected chi connectivity index (χ2v) is 5.78. The number of carboxylic acids is 1. The number of hydrogen-bond acceptors (Lipinski definition) is 3. The van der Waals surface area contributed by atoms with Crippen molar-refractivity contribution in [2.75, 3.05) is 0 Å². The van der Waals surface area contributed by atoms with Gasteiger partial charge < -0.3 is 15.2 Å². The topological polar surface area (TPSA) is 75.6 Å². The quantitative estimate of drug-likeness (QED) is 0.813. The van der Waals surface area contributed by atoms with Crippen LogP contribution >= 0.6 is 0 Å². The predicted octanol–water partition coefficient (Wildman–Crippen LogP) is 2.40. The lowest BCUT2D eigenvalue weighted by atomic mass is 9.83. The fourth-order valence-electron chi connectivity index (χ4n) is 1.99. The third-order valence-electron chi connectivity index (χ3n) is 2.87. The molecule has 1 aliphatic rings. The van der Waals surface area contributed by atoms with Gasteiger partial charge in [-0.2, -0.15) is 0 Å². The Morgan fingerprint density at radius 2 is 1.89 bits per heavy atom. The molecule has 1 aliphatic carbocycles. The molecule has 1 amide bonds. The van der Waals surface area contributed by atoms with Crippen LogP contribution in [-0.4, -0.2) is 34.7 Å². The monoisotopic (exact) mass is 279 g/mol. The maximum Gasteiger partial charge on any atom is 0.408 e. The van der Waals surface area contributed by atoms with Gasteiger partial charge in [0.1, 0.15) is 5.60 Å². The van der Waals surface area contributed by atoms with Crippen molar-refractivity contribution in [1.29, 1.82) is 0 Å². The minimum absolute atomic E-state index is 0.0801. The Bertz CT molecular complexity index is 365. The first-order valence-electron chi connectivity index (χ1n) is 6.11. The van der Waals surface area contributed by atoms with E-state index in [0.29, 0.717) is 0 Å². The zero-order chi connectivity index (χ0) is 14.8. The number of halogens is 2. The van der Waals surface area contributed by atoms with Crippen LogP contribution in [-0.2, 0) is 9.53 Å². The van der Waals surface area contributed by atoms with Crippen molar-refractivity contribution in [3.8, 4) is 0 Å². The molecule has 1 fully saturated rings. The van der Waals surface area contributed by atoms with E-state index in [9.17, 15) is 18.4 Å². The number of rotatable bonds is 2. The van der Waals surface area contributed by atoms with E-state index in [0.717, 1.165) is 0 Å². The fourth-order valence-corrected chi connectivity index (χ4v) is 1.99. The maximum absolute atomic E-state index is 13.7. The minimum Gasteiger partial charge on any atom is -0.481 e. The number of carbonyl (C=O) groups is 2. The van der Waals surface area contributed by atoms with Crippen LogP contribution in [0.25, 0.3) is 0 Å². The van der Waals surface area contributed by atoms with Crippen molar-refractivity contribution in [2.45, 2.75) is 57.6 Å². The van der Waals surface area contributed by atoms with Gasteiger partial charge in [0.15, 0.2) is 0 Å². The number of nitrogens with one attached hydrogen (secondary N) is 1. The van der Waals surface area contributed by atoms with Crippen molar-refractivity contribution in [2.24, 2.45) is 5.92 Å². The van der Waals surface area contributed by atoms with Crippen molar-refractivity contribution >= 4 is 12.1 Å². The average Bonchev–Trinajstić information content (AvgIpc) is 2.17. The summed E-state index contributed by atoms with van der Waals surface area (Å²) in [6.45, 7) is 4.89. The molecule has 0 spiro atoms. The van der Waals surface area contributed by atoms with Gasteiger partial charge in [0.05, 0.1) is 12.0 Å². The van der Waals surface area contributed by atoms with Crippen LogP contribution in [0.15, 0.2) is 0 Å². The van der Waals surface area contributed by atoms with E-state index >= 15 is 0 Å². The fraction of sp³-hybridized carbons (Fsp3) is 0.833. The third kappa shape index (κ3) is 4.65. The van der Waals surface area contributed by atoms with Crippen molar-refractivity contribution in [3.05, 3.63) is 0 Å². The van der Waals surface area contributed by atoms with Gasteiger partial charge in [0.2, 0.25) is 0 Å². The lowest BCUT2D eigenvalue weighted by Gasteiger charge is -2.35. The molecule has 110 valence electrons. The van der Waals surface area contributed by atoms with Crippen LogP contribution in [0.5, 0.6) is 0 Å². The molecule has 7 heteroatoms. The molecule has 1 rings (SSSR count). The molecule has 2 atom stereocenters. The first kappa shape index (κ1) is 15.7. The highest BCUT2D eigenvalue weighted by atomic mass is 19.3. The summed E-state index contributed by atoms with van der Waals surface area (Å²) in [7, 11) is 0. The van der Waals surface area contributed by atoms with Crippen LogP contribution in [0.3, 0.4) is 0 Å². The molecular formula is C12H19F2NO4. The standard InChI is InChI=1S/C12H19F2NO4/c1-11(2,3)19-10(18)15-8-5-4-7(9(16)17)6-12(8,13)14/h7-8H,4-6H2,1-3H3,(H,15,18)(H,16,17)/t7-,8-/m0/s1. The molecule has 5 nitrogen and oxygen atoms in total. The van der Waals surface area contributed by atoms with Crippen LogP contribution in [0.2, 0.25) is 0 Å². The van der Waals surface area contributed by atoms with E-state index in [1.165, 1.54) is 0 Å². The summed E-state index contributed by atoms with van der Waals surface area (Å²) in [5.41, 5.74) is -0.766. The number of carbonyl (C=O) groups excluding carboxylic acids is 1. The van der Waals surface area contributed by atoms with Crippen LogP contribution in [0.4, 0.5) is 13.6 Å². The van der Waals surface area contributed by atoms with Crippen molar-refractivity contribution in [1.82, 2.24) is 5.32 Å². The molecule has 0 heterocycles. The number of aliphatic carboxylic acids is 1. The molecule has 0 unspecified atom stereocenters. The molecule has 0 aromatic rings. The first-order chi connectivity index (χ1) is 8.51. The van der Waals surface area contributed by atoms with E-state index < -0.39 is 42.0 Å². The highest BCUT2D eigenvalue weighted by Crippen LogP contribution is 2.37. The Kier molecular flexibility index (Phi) is 4.37. The SMILES string of the molecule is CC(C)(C)OC(=O)N[C@H]1CC[C@H](C(=O)O)CC1(F)F. The Morgan fingerprint density at radius 3 is 2.32 bits per heavy atom. The second kappa shape index (κ2) is 5.30. The molecule has 0 bridgehead atoms. The van der Waals surface area contributed by atoms with Crippen molar-refractivity contribution in [3.63, 3.8) is 0 Å². The summed E-state index contributed by atoms with van der Waals surface area (Å²) in [6.07, 6.45) is -1.64. The first-order valence-corrected chi connectivity index (χ1v) is 6.11. The zero-order valence-corrected chi connectivity index (χ0v) is 11.2. The third-order valence-corrected chi connectivity index (χ3v) is 2.87. The number of alkyl halides is 2. The van der Waals surface area contributed by atoms with E-state index in [1.54, 1.807) is 20.8 Å².